The Labute approximate surface area is 111 Å². The number of amides is 1. The zero-order valence-corrected chi connectivity index (χ0v) is 11.3. The van der Waals surface area contributed by atoms with Crippen molar-refractivity contribution >= 4 is 11.9 Å². The molecule has 104 valence electrons. The quantitative estimate of drug-likeness (QED) is 0.824. The van der Waals surface area contributed by atoms with Gasteiger partial charge in [0.1, 0.15) is 12.1 Å². The van der Waals surface area contributed by atoms with Crippen LogP contribution in [0, 0.1) is 6.92 Å². The number of aryl methyl sites for hydroxylation is 1. The number of carboxylic acid groups (broad SMARTS) is 1. The molecule has 0 aliphatic heterocycles. The molecular formula is C13H18N2O4. The molecule has 1 heterocycles. The van der Waals surface area contributed by atoms with Crippen LogP contribution >= 0.6 is 0 Å². The lowest BCUT2D eigenvalue weighted by atomic mass is 10.2. The lowest BCUT2D eigenvalue weighted by Gasteiger charge is -2.14. The van der Waals surface area contributed by atoms with Gasteiger partial charge in [-0.25, -0.2) is 4.79 Å². The molecule has 0 radical (unpaired) electrons. The van der Waals surface area contributed by atoms with Gasteiger partial charge in [0.25, 0.3) is 0 Å². The number of hydrogen-bond acceptors (Lipinski definition) is 3. The lowest BCUT2D eigenvalue weighted by Crippen LogP contribution is -2.35. The maximum Gasteiger partial charge on any atom is 0.341 e. The largest absolute Gasteiger partial charge is 0.477 e. The van der Waals surface area contributed by atoms with E-state index in [4.69, 9.17) is 5.11 Å². The first kappa shape index (κ1) is 14.9. The zero-order chi connectivity index (χ0) is 14.6. The van der Waals surface area contributed by atoms with Crippen molar-refractivity contribution in [2.24, 2.45) is 0 Å². The van der Waals surface area contributed by atoms with Gasteiger partial charge in [0.15, 0.2) is 5.43 Å². The van der Waals surface area contributed by atoms with Crippen LogP contribution in [0.4, 0.5) is 0 Å². The maximum atomic E-state index is 11.7. The fourth-order valence-electron chi connectivity index (χ4n) is 1.58. The van der Waals surface area contributed by atoms with E-state index in [-0.39, 0.29) is 24.1 Å². The number of nitrogens with zero attached hydrogens (tertiary/aromatic N) is 1. The van der Waals surface area contributed by atoms with Gasteiger partial charge in [0, 0.05) is 24.0 Å². The average molecular weight is 266 g/mol. The standard InChI is InChI=1S/C13H18N2O4/c1-4-8(2)14-12(17)7-15-6-10(13(18)19)11(16)5-9(15)3/h5-6,8H,4,7H2,1-3H3,(H,14,17)(H,18,19). The lowest BCUT2D eigenvalue weighted by molar-refractivity contribution is -0.122. The van der Waals surface area contributed by atoms with Crippen molar-refractivity contribution in [2.45, 2.75) is 39.8 Å². The summed E-state index contributed by atoms with van der Waals surface area (Å²) in [6, 6.07) is 1.28. The van der Waals surface area contributed by atoms with Crippen LogP contribution in [0.1, 0.15) is 36.3 Å². The summed E-state index contributed by atoms with van der Waals surface area (Å²) < 4.78 is 1.46. The van der Waals surface area contributed by atoms with Gasteiger partial charge in [-0.2, -0.15) is 0 Å². The van der Waals surface area contributed by atoms with Crippen molar-refractivity contribution in [1.82, 2.24) is 9.88 Å². The summed E-state index contributed by atoms with van der Waals surface area (Å²) in [5.74, 6) is -1.50. The molecule has 1 amide bonds. The van der Waals surface area contributed by atoms with Crippen molar-refractivity contribution in [1.29, 1.82) is 0 Å². The second-order valence-corrected chi connectivity index (χ2v) is 4.50. The number of hydrogen-bond donors (Lipinski definition) is 2. The van der Waals surface area contributed by atoms with Gasteiger partial charge in [-0.3, -0.25) is 9.59 Å². The van der Waals surface area contributed by atoms with Crippen molar-refractivity contribution in [3.05, 3.63) is 33.7 Å². The summed E-state index contributed by atoms with van der Waals surface area (Å²) in [5, 5.41) is 11.7. The minimum atomic E-state index is -1.29. The normalized spacial score (nSPS) is 11.9. The highest BCUT2D eigenvalue weighted by atomic mass is 16.4. The second kappa shape index (κ2) is 6.17. The summed E-state index contributed by atoms with van der Waals surface area (Å²) in [7, 11) is 0. The Bertz CT molecular complexity index is 548. The highest BCUT2D eigenvalue weighted by Gasteiger charge is 2.13. The number of carbonyl (C=O) groups excluding carboxylic acids is 1. The second-order valence-electron chi connectivity index (χ2n) is 4.50. The molecule has 0 spiro atoms. The van der Waals surface area contributed by atoms with E-state index in [0.717, 1.165) is 6.42 Å². The summed E-state index contributed by atoms with van der Waals surface area (Å²) in [4.78, 5) is 34.1. The molecule has 0 aromatic carbocycles. The van der Waals surface area contributed by atoms with Gasteiger partial charge in [-0.05, 0) is 20.3 Å². The van der Waals surface area contributed by atoms with Gasteiger partial charge in [0.05, 0.1) is 0 Å². The molecule has 1 aromatic heterocycles. The highest BCUT2D eigenvalue weighted by molar-refractivity contribution is 5.87. The van der Waals surface area contributed by atoms with Crippen LogP contribution in [0.15, 0.2) is 17.1 Å². The number of aromatic carboxylic acids is 1. The topological polar surface area (TPSA) is 88.4 Å². The van der Waals surface area contributed by atoms with Crippen molar-refractivity contribution < 1.29 is 14.7 Å². The summed E-state index contributed by atoms with van der Waals surface area (Å²) >= 11 is 0. The average Bonchev–Trinajstić information content (AvgIpc) is 2.31. The first-order valence-electron chi connectivity index (χ1n) is 6.08. The predicted octanol–water partition coefficient (Wildman–Crippen LogP) is 0.770. The van der Waals surface area contributed by atoms with Crippen molar-refractivity contribution in [3.8, 4) is 0 Å². The van der Waals surface area contributed by atoms with E-state index in [2.05, 4.69) is 5.32 Å². The molecule has 0 aliphatic rings. The number of rotatable bonds is 5. The number of nitrogens with one attached hydrogen (secondary N) is 1. The third-order valence-electron chi connectivity index (χ3n) is 2.91. The molecule has 1 atom stereocenters. The first-order chi connectivity index (χ1) is 8.85. The van der Waals surface area contributed by atoms with Gasteiger partial charge in [0.2, 0.25) is 5.91 Å². The van der Waals surface area contributed by atoms with Crippen molar-refractivity contribution in [3.63, 3.8) is 0 Å². The molecule has 0 saturated carbocycles. The van der Waals surface area contributed by atoms with Crippen LogP contribution in [0.5, 0.6) is 0 Å². The smallest absolute Gasteiger partial charge is 0.341 e. The van der Waals surface area contributed by atoms with Crippen LogP contribution < -0.4 is 10.7 Å². The zero-order valence-electron chi connectivity index (χ0n) is 11.3. The van der Waals surface area contributed by atoms with E-state index >= 15 is 0 Å². The van der Waals surface area contributed by atoms with Gasteiger partial charge in [-0.1, -0.05) is 6.92 Å². The molecule has 6 nitrogen and oxygen atoms in total. The van der Waals surface area contributed by atoms with Crippen LogP contribution in [0.3, 0.4) is 0 Å². The van der Waals surface area contributed by atoms with E-state index < -0.39 is 11.4 Å². The van der Waals surface area contributed by atoms with E-state index in [1.54, 1.807) is 6.92 Å². The van der Waals surface area contributed by atoms with Crippen molar-refractivity contribution in [2.75, 3.05) is 0 Å². The van der Waals surface area contributed by atoms with E-state index in [1.165, 1.54) is 16.8 Å². The monoisotopic (exact) mass is 266 g/mol. The van der Waals surface area contributed by atoms with Crippen LogP contribution in [0.2, 0.25) is 0 Å². The minimum Gasteiger partial charge on any atom is -0.477 e. The Hall–Kier alpha value is -2.11. The number of aromatic nitrogens is 1. The molecule has 0 aliphatic carbocycles. The third kappa shape index (κ3) is 3.94. The fourth-order valence-corrected chi connectivity index (χ4v) is 1.58. The highest BCUT2D eigenvalue weighted by Crippen LogP contribution is 2.00. The van der Waals surface area contributed by atoms with E-state index in [9.17, 15) is 14.4 Å². The first-order valence-corrected chi connectivity index (χ1v) is 6.08. The molecule has 6 heteroatoms. The maximum absolute atomic E-state index is 11.7. The molecular weight excluding hydrogens is 248 g/mol. The Morgan fingerprint density at radius 3 is 2.63 bits per heavy atom. The summed E-state index contributed by atoms with van der Waals surface area (Å²) in [5.41, 5.74) is -0.333. The molecule has 2 N–H and O–H groups in total. The molecule has 1 rings (SSSR count). The van der Waals surface area contributed by atoms with E-state index in [0.29, 0.717) is 5.69 Å². The van der Waals surface area contributed by atoms with Crippen LogP contribution in [-0.2, 0) is 11.3 Å². The molecule has 1 unspecified atom stereocenters. The predicted molar refractivity (Wildman–Crippen MR) is 70.3 cm³/mol. The third-order valence-corrected chi connectivity index (χ3v) is 2.91. The number of pyridine rings is 1. The summed E-state index contributed by atoms with van der Waals surface area (Å²) in [6.07, 6.45) is 2.02. The Balaban J connectivity index is 2.95. The SMILES string of the molecule is CCC(C)NC(=O)Cn1cc(C(=O)O)c(=O)cc1C. The number of carbonyl (C=O) groups is 2. The van der Waals surface area contributed by atoms with Gasteiger partial charge in [-0.15, -0.1) is 0 Å². The Morgan fingerprint density at radius 2 is 2.11 bits per heavy atom. The van der Waals surface area contributed by atoms with Gasteiger partial charge < -0.3 is 15.0 Å². The van der Waals surface area contributed by atoms with Gasteiger partial charge >= 0.3 is 5.97 Å². The Morgan fingerprint density at radius 1 is 1.47 bits per heavy atom. The Kier molecular flexibility index (Phi) is 4.86. The molecule has 19 heavy (non-hydrogen) atoms. The summed E-state index contributed by atoms with van der Waals surface area (Å²) in [6.45, 7) is 5.50. The molecule has 0 saturated heterocycles. The van der Waals surface area contributed by atoms with Crippen LogP contribution in [-0.4, -0.2) is 27.6 Å². The molecule has 0 fully saturated rings. The molecule has 1 aromatic rings. The fraction of sp³-hybridized carbons (Fsp3) is 0.462. The minimum absolute atomic E-state index is 0.00324. The van der Waals surface area contributed by atoms with E-state index in [1.807, 2.05) is 13.8 Å². The molecule has 0 bridgehead atoms. The number of carboxylic acids is 1. The van der Waals surface area contributed by atoms with Crippen LogP contribution in [0.25, 0.3) is 0 Å².